The van der Waals surface area contributed by atoms with E-state index in [0.717, 1.165) is 10.9 Å². The van der Waals surface area contributed by atoms with Crippen molar-refractivity contribution in [2.45, 2.75) is 13.3 Å². The zero-order valence-electron chi connectivity index (χ0n) is 12.6. The smallest absolute Gasteiger partial charge is 0.375 e. The van der Waals surface area contributed by atoms with Crippen molar-refractivity contribution in [1.29, 1.82) is 5.26 Å². The van der Waals surface area contributed by atoms with Gasteiger partial charge in [0.2, 0.25) is 0 Å². The van der Waals surface area contributed by atoms with Gasteiger partial charge < -0.3 is 19.3 Å². The van der Waals surface area contributed by atoms with Gasteiger partial charge in [0.05, 0.1) is 17.3 Å². The van der Waals surface area contributed by atoms with Gasteiger partial charge in [-0.05, 0) is 30.7 Å². The number of aromatic amines is 1. The lowest BCUT2D eigenvalue weighted by Crippen LogP contribution is -2.11. The number of rotatable bonds is 3. The molecule has 0 saturated heterocycles. The lowest BCUT2D eigenvalue weighted by Gasteiger charge is -2.18. The van der Waals surface area contributed by atoms with Crippen molar-refractivity contribution >= 4 is 29.4 Å². The fourth-order valence-corrected chi connectivity index (χ4v) is 3.36. The maximum absolute atomic E-state index is 12.4. The van der Waals surface area contributed by atoms with Crippen molar-refractivity contribution < 1.29 is 14.3 Å². The fourth-order valence-electron chi connectivity index (χ4n) is 2.70. The highest BCUT2D eigenvalue weighted by atomic mass is 32.5. The van der Waals surface area contributed by atoms with Crippen LogP contribution in [0.25, 0.3) is 22.2 Å². The first-order valence-corrected chi connectivity index (χ1v) is 9.73. The van der Waals surface area contributed by atoms with Gasteiger partial charge in [-0.15, -0.1) is 0 Å². The van der Waals surface area contributed by atoms with Crippen molar-refractivity contribution in [2.24, 2.45) is 0 Å². The summed E-state index contributed by atoms with van der Waals surface area (Å²) in [6.07, 6.45) is 0.500. The SMILES string of the molecule is CCc1c(OP(O)(O)=S)cc(=O)c2cc3cc(C#N)ccc3[nH]c1-2. The molecule has 0 atom stereocenters. The van der Waals surface area contributed by atoms with Gasteiger partial charge in [0.1, 0.15) is 5.75 Å². The number of hydrogen-bond acceptors (Lipinski definition) is 4. The lowest BCUT2D eigenvalue weighted by atomic mass is 9.98. The summed E-state index contributed by atoms with van der Waals surface area (Å²) in [6, 6.07) is 10.1. The number of nitriles is 1. The quantitative estimate of drug-likeness (QED) is 0.490. The number of hydrogen-bond donors (Lipinski definition) is 3. The van der Waals surface area contributed by atoms with Crippen LogP contribution in [0.1, 0.15) is 18.1 Å². The molecule has 1 aliphatic heterocycles. The van der Waals surface area contributed by atoms with Gasteiger partial charge in [-0.3, -0.25) is 4.79 Å². The molecule has 0 amide bonds. The van der Waals surface area contributed by atoms with Crippen LogP contribution < -0.4 is 9.95 Å². The Kier molecular flexibility index (Phi) is 4.16. The Labute approximate surface area is 142 Å². The zero-order chi connectivity index (χ0) is 17.5. The predicted octanol–water partition coefficient (Wildman–Crippen LogP) is 2.65. The summed E-state index contributed by atoms with van der Waals surface area (Å²) in [5.74, 6) is 0.0765. The van der Waals surface area contributed by atoms with Crippen LogP contribution in [0.3, 0.4) is 0 Å². The minimum Gasteiger partial charge on any atom is -0.424 e. The zero-order valence-corrected chi connectivity index (χ0v) is 14.3. The van der Waals surface area contributed by atoms with E-state index in [1.54, 1.807) is 24.3 Å². The molecule has 2 aliphatic rings. The molecule has 0 aromatic heterocycles. The van der Waals surface area contributed by atoms with E-state index in [4.69, 9.17) is 9.79 Å². The highest BCUT2D eigenvalue weighted by Crippen LogP contribution is 2.41. The number of H-pyrrole nitrogens is 1. The van der Waals surface area contributed by atoms with Crippen LogP contribution >= 0.6 is 6.72 Å². The Bertz CT molecular complexity index is 1060. The van der Waals surface area contributed by atoms with Gasteiger partial charge >= 0.3 is 6.72 Å². The van der Waals surface area contributed by atoms with Crippen LogP contribution in [0.5, 0.6) is 5.75 Å². The third-order valence-electron chi connectivity index (χ3n) is 3.71. The molecule has 3 N–H and O–H groups in total. The number of aromatic nitrogens is 1. The summed E-state index contributed by atoms with van der Waals surface area (Å²) in [6.45, 7) is -2.08. The molecule has 0 spiro atoms. The molecule has 8 heteroatoms. The van der Waals surface area contributed by atoms with Gasteiger partial charge in [-0.2, -0.15) is 5.26 Å². The second-order valence-corrected chi connectivity index (χ2v) is 7.85. The molecular formula is C16H13N2O4PS. The summed E-state index contributed by atoms with van der Waals surface area (Å²) < 4.78 is 5.04. The molecule has 0 radical (unpaired) electrons. The first-order valence-electron chi connectivity index (χ1n) is 7.10. The normalized spacial score (nSPS) is 11.6. The number of nitrogens with zero attached hydrogens (tertiary/aromatic N) is 1. The largest absolute Gasteiger partial charge is 0.424 e. The number of nitrogens with one attached hydrogen (secondary N) is 1. The Morgan fingerprint density at radius 2 is 2.08 bits per heavy atom. The van der Waals surface area contributed by atoms with Crippen LogP contribution in [0.15, 0.2) is 35.1 Å². The highest BCUT2D eigenvalue weighted by molar-refractivity contribution is 8.06. The minimum absolute atomic E-state index is 0.0765. The standard InChI is InChI=1S/C16H13N2O4PS/c1-2-11-15(22-23(20,21)24)7-14(19)12-6-10-5-9(8-17)3-4-13(10)18-16(11)12/h3-7,18H,2H2,1H3,(H2,20,21,24). The maximum Gasteiger partial charge on any atom is 0.375 e. The van der Waals surface area contributed by atoms with Gasteiger partial charge in [0, 0.05) is 39.9 Å². The third-order valence-corrected chi connectivity index (χ3v) is 4.37. The molecule has 6 nitrogen and oxygen atoms in total. The van der Waals surface area contributed by atoms with Gasteiger partial charge in [-0.1, -0.05) is 6.92 Å². The first kappa shape index (κ1) is 16.6. The van der Waals surface area contributed by atoms with E-state index in [1.165, 1.54) is 6.07 Å². The summed E-state index contributed by atoms with van der Waals surface area (Å²) in [5.41, 5.74) is 2.54. The monoisotopic (exact) mass is 360 g/mol. The average Bonchev–Trinajstić information content (AvgIpc) is 2.52. The van der Waals surface area contributed by atoms with Gasteiger partial charge in [0.25, 0.3) is 0 Å². The molecule has 0 unspecified atom stereocenters. The van der Waals surface area contributed by atoms with Gasteiger partial charge in [-0.25, -0.2) is 0 Å². The third kappa shape index (κ3) is 3.05. The van der Waals surface area contributed by atoms with E-state index in [0.29, 0.717) is 28.8 Å². The highest BCUT2D eigenvalue weighted by Gasteiger charge is 2.21. The molecule has 24 heavy (non-hydrogen) atoms. The molecule has 1 aliphatic carbocycles. The number of pyridine rings is 1. The number of fused-ring (bicyclic) bond motifs is 2. The topological polar surface area (TPSA) is 106 Å². The molecule has 122 valence electrons. The van der Waals surface area contributed by atoms with E-state index in [2.05, 4.69) is 22.9 Å². The molecule has 3 rings (SSSR count). The Morgan fingerprint density at radius 1 is 1.33 bits per heavy atom. The van der Waals surface area contributed by atoms with Crippen LogP contribution in [0.2, 0.25) is 0 Å². The minimum atomic E-state index is -3.94. The fraction of sp³-hybridized carbons (Fsp3) is 0.125. The molecule has 0 saturated carbocycles. The summed E-state index contributed by atoms with van der Waals surface area (Å²) >= 11 is 4.50. The maximum atomic E-state index is 12.4. The molecular weight excluding hydrogens is 347 g/mol. The summed E-state index contributed by atoms with van der Waals surface area (Å²) in [7, 11) is 0. The van der Waals surface area contributed by atoms with Gasteiger partial charge in [0.15, 0.2) is 5.43 Å². The second kappa shape index (κ2) is 6.00. The Balaban J connectivity index is 2.36. The van der Waals surface area contributed by atoms with Crippen LogP contribution in [-0.4, -0.2) is 14.8 Å². The molecule has 0 bridgehead atoms. The van der Waals surface area contributed by atoms with Crippen LogP contribution in [0, 0.1) is 11.3 Å². The van der Waals surface area contributed by atoms with E-state index in [1.807, 2.05) is 6.92 Å². The second-order valence-electron chi connectivity index (χ2n) is 5.26. The molecule has 1 aromatic rings. The van der Waals surface area contributed by atoms with Crippen molar-refractivity contribution in [2.75, 3.05) is 0 Å². The van der Waals surface area contributed by atoms with Crippen LogP contribution in [-0.2, 0) is 18.2 Å². The van der Waals surface area contributed by atoms with Crippen molar-refractivity contribution in [3.05, 3.63) is 51.7 Å². The Hall–Kier alpha value is -2.23. The van der Waals surface area contributed by atoms with Crippen LogP contribution in [0.4, 0.5) is 0 Å². The molecule has 1 aromatic carbocycles. The summed E-state index contributed by atoms with van der Waals surface area (Å²) in [5, 5.41) is 9.74. The van der Waals surface area contributed by atoms with E-state index >= 15 is 0 Å². The average molecular weight is 360 g/mol. The molecule has 0 fully saturated rings. The van der Waals surface area contributed by atoms with E-state index < -0.39 is 6.72 Å². The van der Waals surface area contributed by atoms with E-state index in [9.17, 15) is 14.6 Å². The number of benzene rings is 2. The van der Waals surface area contributed by atoms with E-state index in [-0.39, 0.29) is 11.2 Å². The van der Waals surface area contributed by atoms with Crippen molar-refractivity contribution in [3.8, 4) is 23.1 Å². The predicted molar refractivity (Wildman–Crippen MR) is 94.6 cm³/mol. The first-order chi connectivity index (χ1) is 11.3. The Morgan fingerprint density at radius 3 is 2.71 bits per heavy atom. The van der Waals surface area contributed by atoms with Crippen molar-refractivity contribution in [1.82, 2.24) is 4.98 Å². The summed E-state index contributed by atoms with van der Waals surface area (Å²) in [4.78, 5) is 34.4. The lowest BCUT2D eigenvalue weighted by molar-refractivity contribution is 0.369. The van der Waals surface area contributed by atoms with Crippen molar-refractivity contribution in [3.63, 3.8) is 0 Å². The molecule has 1 heterocycles.